The smallest absolute Gasteiger partial charge is 0.0109 e. The predicted molar refractivity (Wildman–Crippen MR) is 33.0 cm³/mol. The first-order valence-electron chi connectivity index (χ1n) is 2.39. The third kappa shape index (κ3) is 5.44. The molecular formula is C6H11N. The molecule has 0 saturated heterocycles. The van der Waals surface area contributed by atoms with Crippen molar-refractivity contribution in [3.63, 3.8) is 0 Å². The van der Waals surface area contributed by atoms with Gasteiger partial charge >= 0.3 is 0 Å². The number of rotatable bonds is 2. The van der Waals surface area contributed by atoms with E-state index in [2.05, 4.69) is 0 Å². The fourth-order valence-electron chi connectivity index (χ4n) is 0.268. The number of allylic oxidation sites excluding steroid dienone is 3. The minimum absolute atomic E-state index is 0.629. The zero-order valence-corrected chi connectivity index (χ0v) is 4.59. The van der Waals surface area contributed by atoms with Gasteiger partial charge in [0, 0.05) is 6.54 Å². The first kappa shape index (κ1) is 6.44. The molecule has 0 amide bonds. The van der Waals surface area contributed by atoms with Gasteiger partial charge in [-0.25, -0.2) is 0 Å². The van der Waals surface area contributed by atoms with E-state index in [4.69, 9.17) is 5.73 Å². The third-order valence-electron chi connectivity index (χ3n) is 0.576. The first-order valence-corrected chi connectivity index (χ1v) is 2.39. The van der Waals surface area contributed by atoms with Gasteiger partial charge in [-0.3, -0.25) is 0 Å². The molecule has 0 fully saturated rings. The molecule has 0 aromatic carbocycles. The SMILES string of the molecule is CC=CC=CCN. The molecule has 0 aliphatic carbocycles. The van der Waals surface area contributed by atoms with Crippen LogP contribution in [0.2, 0.25) is 0 Å². The summed E-state index contributed by atoms with van der Waals surface area (Å²) in [7, 11) is 0. The van der Waals surface area contributed by atoms with Crippen molar-refractivity contribution in [2.24, 2.45) is 5.73 Å². The Bertz CT molecular complexity index is 72.2. The van der Waals surface area contributed by atoms with Crippen LogP contribution in [0.5, 0.6) is 0 Å². The Morgan fingerprint density at radius 3 is 2.57 bits per heavy atom. The summed E-state index contributed by atoms with van der Waals surface area (Å²) in [6, 6.07) is 0. The van der Waals surface area contributed by atoms with Crippen LogP contribution in [-0.4, -0.2) is 6.54 Å². The lowest BCUT2D eigenvalue weighted by Gasteiger charge is -1.71. The summed E-state index contributed by atoms with van der Waals surface area (Å²) in [5, 5.41) is 0. The van der Waals surface area contributed by atoms with Crippen LogP contribution >= 0.6 is 0 Å². The fourth-order valence-corrected chi connectivity index (χ4v) is 0.268. The Kier molecular flexibility index (Phi) is 5.00. The third-order valence-corrected chi connectivity index (χ3v) is 0.576. The summed E-state index contributed by atoms with van der Waals surface area (Å²) in [4.78, 5) is 0. The standard InChI is InChI=1S/C6H11N/c1-2-3-4-5-6-7/h2-5H,6-7H2,1H3. The van der Waals surface area contributed by atoms with Gasteiger partial charge in [-0.2, -0.15) is 0 Å². The lowest BCUT2D eigenvalue weighted by atomic mass is 10.4. The van der Waals surface area contributed by atoms with Crippen molar-refractivity contribution in [1.82, 2.24) is 0 Å². The molecular weight excluding hydrogens is 86.1 g/mol. The summed E-state index contributed by atoms with van der Waals surface area (Å²) in [5.74, 6) is 0. The minimum atomic E-state index is 0.629. The van der Waals surface area contributed by atoms with Crippen LogP contribution < -0.4 is 5.73 Å². The molecule has 1 heteroatoms. The van der Waals surface area contributed by atoms with Gasteiger partial charge in [0.2, 0.25) is 0 Å². The molecule has 0 atom stereocenters. The topological polar surface area (TPSA) is 26.0 Å². The maximum absolute atomic E-state index is 5.15. The first-order chi connectivity index (χ1) is 3.41. The number of nitrogens with two attached hydrogens (primary N) is 1. The molecule has 1 nitrogen and oxygen atoms in total. The highest BCUT2D eigenvalue weighted by Crippen LogP contribution is 1.71. The van der Waals surface area contributed by atoms with Gasteiger partial charge in [-0.1, -0.05) is 24.3 Å². The molecule has 0 aliphatic rings. The quantitative estimate of drug-likeness (QED) is 0.512. The second-order valence-electron chi connectivity index (χ2n) is 1.19. The van der Waals surface area contributed by atoms with Crippen LogP contribution in [0, 0.1) is 0 Å². The molecule has 0 unspecified atom stereocenters. The zero-order valence-electron chi connectivity index (χ0n) is 4.59. The van der Waals surface area contributed by atoms with Gasteiger partial charge in [0.25, 0.3) is 0 Å². The molecule has 0 aromatic rings. The highest BCUT2D eigenvalue weighted by molar-refractivity contribution is 5.01. The van der Waals surface area contributed by atoms with E-state index in [-0.39, 0.29) is 0 Å². The lowest BCUT2D eigenvalue weighted by molar-refractivity contribution is 1.25. The lowest BCUT2D eigenvalue weighted by Crippen LogP contribution is -1.91. The van der Waals surface area contributed by atoms with Crippen LogP contribution in [0.4, 0.5) is 0 Å². The largest absolute Gasteiger partial charge is 0.327 e. The van der Waals surface area contributed by atoms with E-state index in [0.29, 0.717) is 6.54 Å². The van der Waals surface area contributed by atoms with E-state index < -0.39 is 0 Å². The second-order valence-corrected chi connectivity index (χ2v) is 1.19. The molecule has 2 N–H and O–H groups in total. The summed E-state index contributed by atoms with van der Waals surface area (Å²) < 4.78 is 0. The van der Waals surface area contributed by atoms with Crippen molar-refractivity contribution < 1.29 is 0 Å². The van der Waals surface area contributed by atoms with E-state index >= 15 is 0 Å². The van der Waals surface area contributed by atoms with E-state index in [1.165, 1.54) is 0 Å². The number of hydrogen-bond donors (Lipinski definition) is 1. The normalized spacial score (nSPS) is 11.7. The summed E-state index contributed by atoms with van der Waals surface area (Å²) in [6.07, 6.45) is 7.75. The monoisotopic (exact) mass is 97.1 g/mol. The maximum Gasteiger partial charge on any atom is 0.0109 e. The van der Waals surface area contributed by atoms with Crippen molar-refractivity contribution in [1.29, 1.82) is 0 Å². The van der Waals surface area contributed by atoms with Crippen LogP contribution in [0.25, 0.3) is 0 Å². The van der Waals surface area contributed by atoms with E-state index in [9.17, 15) is 0 Å². The second kappa shape index (κ2) is 5.44. The molecule has 0 heterocycles. The Balaban J connectivity index is 3.09. The highest BCUT2D eigenvalue weighted by atomic mass is 14.5. The van der Waals surface area contributed by atoms with Crippen molar-refractivity contribution in [2.45, 2.75) is 6.92 Å². The summed E-state index contributed by atoms with van der Waals surface area (Å²) in [6.45, 7) is 2.60. The van der Waals surface area contributed by atoms with Crippen molar-refractivity contribution in [2.75, 3.05) is 6.54 Å². The summed E-state index contributed by atoms with van der Waals surface area (Å²) >= 11 is 0. The Labute approximate surface area is 44.5 Å². The van der Waals surface area contributed by atoms with Gasteiger partial charge < -0.3 is 5.73 Å². The van der Waals surface area contributed by atoms with Crippen LogP contribution in [0.3, 0.4) is 0 Å². The average molecular weight is 97.2 g/mol. The van der Waals surface area contributed by atoms with Gasteiger partial charge in [0.15, 0.2) is 0 Å². The van der Waals surface area contributed by atoms with Gasteiger partial charge in [-0.15, -0.1) is 0 Å². The molecule has 0 aliphatic heterocycles. The van der Waals surface area contributed by atoms with Gasteiger partial charge in [0.05, 0.1) is 0 Å². The average Bonchev–Trinajstić information content (AvgIpc) is 1.69. The molecule has 40 valence electrons. The molecule has 0 rings (SSSR count). The maximum atomic E-state index is 5.15. The van der Waals surface area contributed by atoms with Crippen LogP contribution in [-0.2, 0) is 0 Å². The van der Waals surface area contributed by atoms with E-state index in [1.54, 1.807) is 0 Å². The zero-order chi connectivity index (χ0) is 5.54. The van der Waals surface area contributed by atoms with Crippen molar-refractivity contribution >= 4 is 0 Å². The van der Waals surface area contributed by atoms with E-state index in [0.717, 1.165) is 0 Å². The molecule has 0 bridgehead atoms. The predicted octanol–water partition coefficient (Wildman–Crippen LogP) is 1.08. The minimum Gasteiger partial charge on any atom is -0.327 e. The van der Waals surface area contributed by atoms with Gasteiger partial charge in [-0.05, 0) is 6.92 Å². The van der Waals surface area contributed by atoms with Crippen LogP contribution in [0.15, 0.2) is 24.3 Å². The molecule has 7 heavy (non-hydrogen) atoms. The summed E-state index contributed by atoms with van der Waals surface area (Å²) in [5.41, 5.74) is 5.15. The molecule has 0 spiro atoms. The van der Waals surface area contributed by atoms with Crippen molar-refractivity contribution in [3.8, 4) is 0 Å². The Morgan fingerprint density at radius 1 is 1.43 bits per heavy atom. The van der Waals surface area contributed by atoms with Crippen molar-refractivity contribution in [3.05, 3.63) is 24.3 Å². The Hall–Kier alpha value is -0.560. The van der Waals surface area contributed by atoms with Crippen LogP contribution in [0.1, 0.15) is 6.92 Å². The Morgan fingerprint density at radius 2 is 2.14 bits per heavy atom. The van der Waals surface area contributed by atoms with E-state index in [1.807, 2.05) is 31.2 Å². The molecule has 0 saturated carbocycles. The number of hydrogen-bond acceptors (Lipinski definition) is 1. The molecule has 0 aromatic heterocycles. The fraction of sp³-hybridized carbons (Fsp3) is 0.333. The molecule has 0 radical (unpaired) electrons. The highest BCUT2D eigenvalue weighted by Gasteiger charge is 1.57. The van der Waals surface area contributed by atoms with Gasteiger partial charge in [0.1, 0.15) is 0 Å².